The summed E-state index contributed by atoms with van der Waals surface area (Å²) in [6.45, 7) is 0. The van der Waals surface area contributed by atoms with E-state index in [1.54, 1.807) is 0 Å². The lowest BCUT2D eigenvalue weighted by Gasteiger charge is -2.14. The van der Waals surface area contributed by atoms with E-state index in [4.69, 9.17) is 4.74 Å². The van der Waals surface area contributed by atoms with E-state index in [1.165, 1.54) is 19.4 Å². The fourth-order valence-electron chi connectivity index (χ4n) is 2.74. The lowest BCUT2D eigenvalue weighted by Crippen LogP contribution is -2.10. The maximum atomic E-state index is 13.7. The van der Waals surface area contributed by atoms with Crippen molar-refractivity contribution in [2.75, 3.05) is 7.11 Å². The van der Waals surface area contributed by atoms with E-state index in [2.05, 4.69) is 20.9 Å². The fourth-order valence-corrected chi connectivity index (χ4v) is 3.36. The van der Waals surface area contributed by atoms with Crippen molar-refractivity contribution in [2.24, 2.45) is 0 Å². The molecule has 0 spiro atoms. The van der Waals surface area contributed by atoms with E-state index >= 15 is 0 Å². The number of H-pyrrole nitrogens is 1. The normalized spacial score (nSPS) is 13.0. The zero-order valence-electron chi connectivity index (χ0n) is 13.6. The van der Waals surface area contributed by atoms with Gasteiger partial charge in [-0.2, -0.15) is 13.2 Å². The number of alkyl halides is 4. The molecule has 0 saturated heterocycles. The van der Waals surface area contributed by atoms with Crippen LogP contribution < -0.4 is 4.74 Å². The van der Waals surface area contributed by atoms with Gasteiger partial charge in [0.05, 0.1) is 12.7 Å². The number of benzene rings is 2. The molecule has 3 aromatic rings. The monoisotopic (exact) mass is 447 g/mol. The van der Waals surface area contributed by atoms with E-state index in [-0.39, 0.29) is 22.2 Å². The van der Waals surface area contributed by atoms with E-state index in [9.17, 15) is 26.7 Å². The lowest BCUT2D eigenvalue weighted by atomic mass is 10.00. The van der Waals surface area contributed by atoms with Crippen LogP contribution in [0.15, 0.2) is 36.5 Å². The molecule has 1 aromatic heterocycles. The zero-order chi connectivity index (χ0) is 19.9. The minimum absolute atomic E-state index is 0.0506. The molecule has 0 amide bonds. The second-order valence-corrected chi connectivity index (χ2v) is 6.61. The number of carbonyl (C=O) groups excluding carboxylic acids is 1. The SMILES string of the molecule is COc1cc(F)ccc1C(Br)C(=O)c1c[nH]c2cc(F)c(C(F)(F)F)cc12. The standard InChI is InChI=1S/C18H11BrF5NO2/c1-27-15-4-8(20)2-3-9(15)16(19)17(26)11-7-25-14-6-13(21)12(5-10(11)14)18(22,23)24/h2-7,16,25H,1H3. The highest BCUT2D eigenvalue weighted by atomic mass is 79.9. The van der Waals surface area contributed by atoms with Gasteiger partial charge in [-0.15, -0.1) is 0 Å². The van der Waals surface area contributed by atoms with Gasteiger partial charge < -0.3 is 9.72 Å². The number of ether oxygens (including phenoxy) is 1. The molecule has 0 aliphatic heterocycles. The molecule has 1 heterocycles. The summed E-state index contributed by atoms with van der Waals surface area (Å²) in [5, 5.41) is -0.0701. The quantitative estimate of drug-likeness (QED) is 0.312. The van der Waals surface area contributed by atoms with Gasteiger partial charge in [0.1, 0.15) is 22.2 Å². The van der Waals surface area contributed by atoms with Gasteiger partial charge in [0.25, 0.3) is 0 Å². The maximum Gasteiger partial charge on any atom is 0.419 e. The Labute approximate surface area is 158 Å². The third-order valence-corrected chi connectivity index (χ3v) is 4.95. The molecule has 3 nitrogen and oxygen atoms in total. The van der Waals surface area contributed by atoms with Gasteiger partial charge in [0.2, 0.25) is 0 Å². The predicted molar refractivity (Wildman–Crippen MR) is 92.2 cm³/mol. The number of rotatable bonds is 4. The molecule has 3 rings (SSSR count). The number of carbonyl (C=O) groups is 1. The van der Waals surface area contributed by atoms with E-state index in [1.807, 2.05) is 0 Å². The van der Waals surface area contributed by atoms with Crippen molar-refractivity contribution >= 4 is 32.6 Å². The van der Waals surface area contributed by atoms with Crippen LogP contribution in [0.25, 0.3) is 10.9 Å². The molecule has 0 bridgehead atoms. The summed E-state index contributed by atoms with van der Waals surface area (Å²) >= 11 is 3.19. The summed E-state index contributed by atoms with van der Waals surface area (Å²) < 4.78 is 71.0. The van der Waals surface area contributed by atoms with Gasteiger partial charge >= 0.3 is 6.18 Å². The fraction of sp³-hybridized carbons (Fsp3) is 0.167. The summed E-state index contributed by atoms with van der Waals surface area (Å²) in [6.07, 6.45) is -3.69. The number of Topliss-reactive ketones (excluding diaryl/α,β-unsaturated/α-hetero) is 1. The van der Waals surface area contributed by atoms with Crippen LogP contribution in [0.5, 0.6) is 5.75 Å². The van der Waals surface area contributed by atoms with Crippen LogP contribution >= 0.6 is 15.9 Å². The van der Waals surface area contributed by atoms with Crippen molar-refractivity contribution in [2.45, 2.75) is 11.0 Å². The molecule has 9 heteroatoms. The van der Waals surface area contributed by atoms with Crippen LogP contribution in [-0.2, 0) is 6.18 Å². The van der Waals surface area contributed by atoms with Crippen LogP contribution in [-0.4, -0.2) is 17.9 Å². The molecular formula is C18H11BrF5NO2. The smallest absolute Gasteiger partial charge is 0.419 e. The molecule has 27 heavy (non-hydrogen) atoms. The van der Waals surface area contributed by atoms with Gasteiger partial charge in [-0.05, 0) is 18.2 Å². The van der Waals surface area contributed by atoms with Crippen molar-refractivity contribution in [3.8, 4) is 5.75 Å². The molecule has 142 valence electrons. The number of fused-ring (bicyclic) bond motifs is 1. The summed E-state index contributed by atoms with van der Waals surface area (Å²) in [5.74, 6) is -2.50. The summed E-state index contributed by atoms with van der Waals surface area (Å²) in [6, 6.07) is 4.84. The summed E-state index contributed by atoms with van der Waals surface area (Å²) in [7, 11) is 1.30. The molecule has 0 radical (unpaired) electrons. The highest BCUT2D eigenvalue weighted by molar-refractivity contribution is 9.09. The molecule has 1 N–H and O–H groups in total. The number of hydrogen-bond acceptors (Lipinski definition) is 2. The molecule has 1 unspecified atom stereocenters. The summed E-state index contributed by atoms with van der Waals surface area (Å²) in [4.78, 5) is 14.4. The van der Waals surface area contributed by atoms with Gasteiger partial charge in [0, 0.05) is 34.3 Å². The van der Waals surface area contributed by atoms with E-state index in [0.717, 1.165) is 12.1 Å². The van der Waals surface area contributed by atoms with Gasteiger partial charge in [-0.25, -0.2) is 8.78 Å². The Morgan fingerprint density at radius 3 is 2.52 bits per heavy atom. The van der Waals surface area contributed by atoms with Crippen LogP contribution in [0.4, 0.5) is 22.0 Å². The Morgan fingerprint density at radius 1 is 1.19 bits per heavy atom. The Morgan fingerprint density at radius 2 is 1.89 bits per heavy atom. The van der Waals surface area contributed by atoms with Gasteiger partial charge in [-0.1, -0.05) is 22.0 Å². The molecule has 0 aliphatic rings. The number of ketones is 1. The van der Waals surface area contributed by atoms with Crippen molar-refractivity contribution < 1.29 is 31.5 Å². The highest BCUT2D eigenvalue weighted by Gasteiger charge is 2.35. The van der Waals surface area contributed by atoms with Crippen molar-refractivity contribution in [3.63, 3.8) is 0 Å². The van der Waals surface area contributed by atoms with Crippen LogP contribution in [0.2, 0.25) is 0 Å². The first kappa shape index (κ1) is 19.3. The number of halogens is 6. The first-order chi connectivity index (χ1) is 12.6. The van der Waals surface area contributed by atoms with Crippen molar-refractivity contribution in [1.82, 2.24) is 4.98 Å². The molecule has 0 aliphatic carbocycles. The van der Waals surface area contributed by atoms with Crippen LogP contribution in [0.1, 0.15) is 26.3 Å². The largest absolute Gasteiger partial charge is 0.496 e. The molecule has 1 atom stereocenters. The third-order valence-electron chi connectivity index (χ3n) is 4.04. The topological polar surface area (TPSA) is 42.1 Å². The predicted octanol–water partition coefficient (Wildman–Crippen LogP) is 5.79. The number of aromatic amines is 1. The molecular weight excluding hydrogens is 437 g/mol. The minimum atomic E-state index is -4.90. The molecule has 0 fully saturated rings. The Hall–Kier alpha value is -2.42. The molecule has 0 saturated carbocycles. The van der Waals surface area contributed by atoms with Crippen LogP contribution in [0, 0.1) is 11.6 Å². The number of nitrogens with one attached hydrogen (secondary N) is 1. The van der Waals surface area contributed by atoms with E-state index in [0.29, 0.717) is 17.7 Å². The second-order valence-electron chi connectivity index (χ2n) is 5.69. The third kappa shape index (κ3) is 3.55. The average molecular weight is 448 g/mol. The molecule has 2 aromatic carbocycles. The Balaban J connectivity index is 2.08. The first-order valence-electron chi connectivity index (χ1n) is 7.53. The minimum Gasteiger partial charge on any atom is -0.496 e. The van der Waals surface area contributed by atoms with Gasteiger partial charge in [-0.3, -0.25) is 4.79 Å². The Bertz CT molecular complexity index is 1030. The first-order valence-corrected chi connectivity index (χ1v) is 8.44. The average Bonchev–Trinajstić information content (AvgIpc) is 3.01. The highest BCUT2D eigenvalue weighted by Crippen LogP contribution is 2.38. The summed E-state index contributed by atoms with van der Waals surface area (Å²) in [5.41, 5.74) is -1.18. The number of hydrogen-bond donors (Lipinski definition) is 1. The number of aromatic nitrogens is 1. The Kier molecular flexibility index (Phi) is 4.98. The van der Waals surface area contributed by atoms with E-state index < -0.39 is 34.0 Å². The number of methoxy groups -OCH3 is 1. The maximum absolute atomic E-state index is 13.7. The van der Waals surface area contributed by atoms with Crippen molar-refractivity contribution in [3.05, 3.63) is 64.9 Å². The second kappa shape index (κ2) is 6.95. The zero-order valence-corrected chi connectivity index (χ0v) is 15.2. The lowest BCUT2D eigenvalue weighted by molar-refractivity contribution is -0.139. The van der Waals surface area contributed by atoms with Gasteiger partial charge in [0.15, 0.2) is 5.78 Å². The van der Waals surface area contributed by atoms with Crippen LogP contribution in [0.3, 0.4) is 0 Å². The van der Waals surface area contributed by atoms with Crippen molar-refractivity contribution in [1.29, 1.82) is 0 Å².